The summed E-state index contributed by atoms with van der Waals surface area (Å²) in [6, 6.07) is 8.15. The lowest BCUT2D eigenvalue weighted by molar-refractivity contribution is 0.0710. The predicted octanol–water partition coefficient (Wildman–Crippen LogP) is 4.11. The molecule has 20 heavy (non-hydrogen) atoms. The van der Waals surface area contributed by atoms with Gasteiger partial charge in [-0.1, -0.05) is 26.0 Å². The molecule has 1 saturated heterocycles. The number of carbonyl (C=O) groups is 1. The van der Waals surface area contributed by atoms with Gasteiger partial charge in [0.1, 0.15) is 0 Å². The van der Waals surface area contributed by atoms with Gasteiger partial charge in [0.2, 0.25) is 0 Å². The number of carbonyl (C=O) groups excluding carboxylic acids is 1. The molecule has 106 valence electrons. The molecule has 1 unspecified atom stereocenters. The maximum Gasteiger partial charge on any atom is 0.170 e. The van der Waals surface area contributed by atoms with Crippen molar-refractivity contribution < 1.29 is 4.79 Å². The van der Waals surface area contributed by atoms with Crippen LogP contribution in [0.1, 0.15) is 37.0 Å². The van der Waals surface area contributed by atoms with Gasteiger partial charge in [-0.3, -0.25) is 4.79 Å². The van der Waals surface area contributed by atoms with Crippen molar-refractivity contribution in [1.29, 1.82) is 0 Å². The summed E-state index contributed by atoms with van der Waals surface area (Å²) in [4.78, 5) is 13.1. The number of thiophene rings is 1. The van der Waals surface area contributed by atoms with Crippen LogP contribution in [0.5, 0.6) is 0 Å². The molecule has 2 heterocycles. The summed E-state index contributed by atoms with van der Waals surface area (Å²) < 4.78 is 1.13. The maximum absolute atomic E-state index is 13.1. The molecule has 2 nitrogen and oxygen atoms in total. The Morgan fingerprint density at radius 2 is 2.20 bits per heavy atom. The molecule has 1 aromatic heterocycles. The smallest absolute Gasteiger partial charge is 0.170 e. The van der Waals surface area contributed by atoms with Crippen molar-refractivity contribution in [2.24, 2.45) is 11.3 Å². The van der Waals surface area contributed by atoms with Crippen molar-refractivity contribution in [2.75, 3.05) is 13.1 Å². The summed E-state index contributed by atoms with van der Waals surface area (Å²) in [6.45, 7) is 6.26. The fourth-order valence-electron chi connectivity index (χ4n) is 3.17. The minimum absolute atomic E-state index is 0.291. The second-order valence-electron chi connectivity index (χ2n) is 6.24. The Hall–Kier alpha value is -1.19. The van der Waals surface area contributed by atoms with Crippen molar-refractivity contribution in [2.45, 2.75) is 26.7 Å². The maximum atomic E-state index is 13.1. The van der Waals surface area contributed by atoms with Crippen LogP contribution in [-0.2, 0) is 0 Å². The van der Waals surface area contributed by atoms with Crippen molar-refractivity contribution in [3.63, 3.8) is 0 Å². The van der Waals surface area contributed by atoms with Crippen LogP contribution in [0.4, 0.5) is 0 Å². The molecule has 1 aromatic carbocycles. The van der Waals surface area contributed by atoms with E-state index in [1.807, 2.05) is 12.1 Å². The van der Waals surface area contributed by atoms with E-state index in [0.29, 0.717) is 11.7 Å². The van der Waals surface area contributed by atoms with Crippen LogP contribution in [0.2, 0.25) is 0 Å². The molecule has 0 spiro atoms. The fourth-order valence-corrected chi connectivity index (χ4v) is 4.08. The van der Waals surface area contributed by atoms with Crippen molar-refractivity contribution in [3.05, 3.63) is 35.2 Å². The van der Waals surface area contributed by atoms with E-state index < -0.39 is 0 Å². The van der Waals surface area contributed by atoms with Crippen molar-refractivity contribution in [1.82, 2.24) is 5.32 Å². The summed E-state index contributed by atoms with van der Waals surface area (Å²) in [5.74, 6) is 0.721. The van der Waals surface area contributed by atoms with Gasteiger partial charge in [-0.15, -0.1) is 11.3 Å². The second-order valence-corrected chi connectivity index (χ2v) is 7.15. The lowest BCUT2D eigenvalue weighted by Crippen LogP contribution is -2.42. The number of hydrogen-bond donors (Lipinski definition) is 1. The Balaban J connectivity index is 1.96. The van der Waals surface area contributed by atoms with Gasteiger partial charge in [0.05, 0.1) is 0 Å². The van der Waals surface area contributed by atoms with Gasteiger partial charge in [-0.2, -0.15) is 0 Å². The molecule has 0 radical (unpaired) electrons. The zero-order valence-corrected chi connectivity index (χ0v) is 12.9. The molecule has 1 aliphatic rings. The average molecular weight is 287 g/mol. The monoisotopic (exact) mass is 287 g/mol. The molecule has 0 saturated carbocycles. The van der Waals surface area contributed by atoms with Gasteiger partial charge in [-0.05, 0) is 54.7 Å². The Labute approximate surface area is 124 Å². The third-order valence-electron chi connectivity index (χ3n) is 4.63. The largest absolute Gasteiger partial charge is 0.316 e. The number of rotatable bonds is 3. The number of ketones is 1. The van der Waals surface area contributed by atoms with Gasteiger partial charge in [0, 0.05) is 15.7 Å². The molecular weight excluding hydrogens is 266 g/mol. The van der Waals surface area contributed by atoms with E-state index in [0.717, 1.165) is 29.8 Å². The van der Waals surface area contributed by atoms with Crippen molar-refractivity contribution >= 4 is 27.2 Å². The normalized spacial score (nSPS) is 20.2. The minimum atomic E-state index is -0.300. The molecule has 1 aliphatic heterocycles. The first-order valence-electron chi connectivity index (χ1n) is 7.32. The van der Waals surface area contributed by atoms with Crippen LogP contribution < -0.4 is 5.32 Å². The summed E-state index contributed by atoms with van der Waals surface area (Å²) in [7, 11) is 0. The number of nitrogens with one attached hydrogen (secondary N) is 1. The summed E-state index contributed by atoms with van der Waals surface area (Å²) in [6.07, 6.45) is 2.32. The topological polar surface area (TPSA) is 29.1 Å². The highest BCUT2D eigenvalue weighted by Crippen LogP contribution is 2.37. The molecule has 2 aromatic rings. The highest BCUT2D eigenvalue weighted by molar-refractivity contribution is 7.17. The van der Waals surface area contributed by atoms with E-state index in [4.69, 9.17) is 0 Å². The van der Waals surface area contributed by atoms with E-state index in [1.54, 1.807) is 11.3 Å². The van der Waals surface area contributed by atoms with Gasteiger partial charge in [0.15, 0.2) is 5.78 Å². The number of hydrogen-bond acceptors (Lipinski definition) is 3. The summed E-state index contributed by atoms with van der Waals surface area (Å²) in [5.41, 5.74) is 0.596. The first-order valence-corrected chi connectivity index (χ1v) is 8.20. The van der Waals surface area contributed by atoms with Crippen LogP contribution in [0.15, 0.2) is 29.6 Å². The zero-order chi connectivity index (χ0) is 14.2. The molecular formula is C17H21NOS. The Morgan fingerprint density at radius 3 is 2.95 bits per heavy atom. The third-order valence-corrected chi connectivity index (χ3v) is 5.59. The van der Waals surface area contributed by atoms with Gasteiger partial charge >= 0.3 is 0 Å². The van der Waals surface area contributed by atoms with Gasteiger partial charge < -0.3 is 5.32 Å². The molecule has 3 heteroatoms. The van der Waals surface area contributed by atoms with Gasteiger partial charge in [0.25, 0.3) is 0 Å². The van der Waals surface area contributed by atoms with Crippen LogP contribution in [0, 0.1) is 11.3 Å². The minimum Gasteiger partial charge on any atom is -0.316 e. The first-order chi connectivity index (χ1) is 9.60. The SMILES string of the molecule is CC(C)(C(=O)c1cccc2ccsc12)C1CCCNC1. The molecule has 1 N–H and O–H groups in total. The van der Waals surface area contributed by atoms with Crippen LogP contribution >= 0.6 is 11.3 Å². The average Bonchev–Trinajstić information content (AvgIpc) is 2.95. The van der Waals surface area contributed by atoms with Crippen LogP contribution in [0.25, 0.3) is 10.1 Å². The molecule has 1 atom stereocenters. The Bertz CT molecular complexity index is 623. The number of Topliss-reactive ketones (excluding diaryl/α,β-unsaturated/α-hetero) is 1. The van der Waals surface area contributed by atoms with Crippen LogP contribution in [-0.4, -0.2) is 18.9 Å². The third kappa shape index (κ3) is 2.29. The van der Waals surface area contributed by atoms with E-state index >= 15 is 0 Å². The molecule has 1 fully saturated rings. The highest BCUT2D eigenvalue weighted by Gasteiger charge is 2.38. The number of piperidine rings is 1. The molecule has 3 rings (SSSR count). The quantitative estimate of drug-likeness (QED) is 0.861. The van der Waals surface area contributed by atoms with E-state index in [9.17, 15) is 4.79 Å². The molecule has 0 bridgehead atoms. The lowest BCUT2D eigenvalue weighted by Gasteiger charge is -2.36. The number of fused-ring (bicyclic) bond motifs is 1. The fraction of sp³-hybridized carbons (Fsp3) is 0.471. The van der Waals surface area contributed by atoms with Crippen LogP contribution in [0.3, 0.4) is 0 Å². The predicted molar refractivity (Wildman–Crippen MR) is 85.5 cm³/mol. The first kappa shape index (κ1) is 13.8. The molecule has 0 aliphatic carbocycles. The summed E-state index contributed by atoms with van der Waals surface area (Å²) in [5, 5.41) is 6.68. The second kappa shape index (κ2) is 5.30. The summed E-state index contributed by atoms with van der Waals surface area (Å²) >= 11 is 1.67. The van der Waals surface area contributed by atoms with Crippen molar-refractivity contribution in [3.8, 4) is 0 Å². The number of benzene rings is 1. The Morgan fingerprint density at radius 1 is 1.35 bits per heavy atom. The van der Waals surface area contributed by atoms with Gasteiger partial charge in [-0.25, -0.2) is 0 Å². The van der Waals surface area contributed by atoms with E-state index in [2.05, 4.69) is 36.7 Å². The van der Waals surface area contributed by atoms with E-state index in [-0.39, 0.29) is 5.41 Å². The Kier molecular flexibility index (Phi) is 3.65. The lowest BCUT2D eigenvalue weighted by atomic mass is 9.70. The molecule has 0 amide bonds. The standard InChI is InChI=1S/C17H21NOS/c1-17(2,13-6-4-9-18-11-13)16(19)14-7-3-5-12-8-10-20-15(12)14/h3,5,7-8,10,13,18H,4,6,9,11H2,1-2H3. The zero-order valence-electron chi connectivity index (χ0n) is 12.1. The van der Waals surface area contributed by atoms with E-state index in [1.165, 1.54) is 11.8 Å². The highest BCUT2D eigenvalue weighted by atomic mass is 32.1.